The molecule has 0 saturated heterocycles. The highest BCUT2D eigenvalue weighted by molar-refractivity contribution is 5.77. The zero-order valence-electron chi connectivity index (χ0n) is 16.5. The number of hydrogen-bond donors (Lipinski definition) is 1. The van der Waals surface area contributed by atoms with E-state index in [4.69, 9.17) is 0 Å². The number of aromatic nitrogens is 4. The lowest BCUT2D eigenvalue weighted by atomic mass is 9.83. The number of carbonyl (C=O) groups excluding carboxylic acids is 1. The second-order valence-corrected chi connectivity index (χ2v) is 8.37. The fraction of sp³-hybridized carbons (Fsp3) is 0.429. The van der Waals surface area contributed by atoms with Crippen molar-refractivity contribution in [1.82, 2.24) is 24.6 Å². The zero-order chi connectivity index (χ0) is 19.9. The molecule has 146 valence electrons. The Morgan fingerprint density at radius 2 is 2.11 bits per heavy atom. The van der Waals surface area contributed by atoms with Crippen molar-refractivity contribution in [1.29, 1.82) is 0 Å². The van der Waals surface area contributed by atoms with E-state index in [1.807, 2.05) is 12.1 Å². The van der Waals surface area contributed by atoms with Crippen LogP contribution in [0.5, 0.6) is 0 Å². The molecule has 1 aliphatic rings. The van der Waals surface area contributed by atoms with Gasteiger partial charge in [-0.1, -0.05) is 38.1 Å². The summed E-state index contributed by atoms with van der Waals surface area (Å²) >= 11 is 0. The number of fused-ring (bicyclic) bond motifs is 2. The van der Waals surface area contributed by atoms with Gasteiger partial charge in [0, 0.05) is 7.05 Å². The van der Waals surface area contributed by atoms with Crippen molar-refractivity contribution in [3.8, 4) is 0 Å². The molecule has 1 aromatic carbocycles. The number of hydrogen-bond acceptors (Lipinski definition) is 4. The lowest BCUT2D eigenvalue weighted by Gasteiger charge is -2.27. The highest BCUT2D eigenvalue weighted by atomic mass is 16.2. The summed E-state index contributed by atoms with van der Waals surface area (Å²) in [6.07, 6.45) is 5.86. The second-order valence-electron chi connectivity index (χ2n) is 8.37. The van der Waals surface area contributed by atoms with Crippen LogP contribution < -0.4 is 10.9 Å². The first-order valence-electron chi connectivity index (χ1n) is 9.58. The molecular formula is C21H25N5O2. The van der Waals surface area contributed by atoms with Gasteiger partial charge in [0.05, 0.1) is 12.2 Å². The van der Waals surface area contributed by atoms with Crippen molar-refractivity contribution in [2.24, 2.45) is 12.5 Å². The predicted molar refractivity (Wildman–Crippen MR) is 107 cm³/mol. The largest absolute Gasteiger partial charge is 0.348 e. The molecule has 0 fully saturated rings. The molecule has 0 bridgehead atoms. The Morgan fingerprint density at radius 3 is 2.93 bits per heavy atom. The van der Waals surface area contributed by atoms with Gasteiger partial charge < -0.3 is 5.32 Å². The summed E-state index contributed by atoms with van der Waals surface area (Å²) in [4.78, 5) is 29.7. The Kier molecular flexibility index (Phi) is 4.53. The Bertz CT molecular complexity index is 1100. The van der Waals surface area contributed by atoms with Gasteiger partial charge in [0.25, 0.3) is 5.56 Å². The standard InChI is InChI=1S/C21H25N5O2/c1-21(2)9-8-14-6-4-5-7-15(14)17(10-21)24-18(27)12-26-13-22-19-16(20(26)28)11-23-25(19)3/h4-7,11,13,17H,8-10,12H2,1-3H3,(H,24,27)/t17-/m0/s1. The van der Waals surface area contributed by atoms with Gasteiger partial charge in [-0.3, -0.25) is 18.8 Å². The van der Waals surface area contributed by atoms with Crippen LogP contribution in [0.25, 0.3) is 11.0 Å². The Morgan fingerprint density at radius 1 is 1.32 bits per heavy atom. The number of nitrogens with one attached hydrogen (secondary N) is 1. The highest BCUT2D eigenvalue weighted by Gasteiger charge is 2.30. The smallest absolute Gasteiger partial charge is 0.264 e. The number of amides is 1. The second kappa shape index (κ2) is 6.89. The molecule has 4 rings (SSSR count). The Balaban J connectivity index is 1.58. The molecule has 2 aromatic heterocycles. The highest BCUT2D eigenvalue weighted by Crippen LogP contribution is 2.39. The molecule has 0 aliphatic heterocycles. The minimum Gasteiger partial charge on any atom is -0.348 e. The summed E-state index contributed by atoms with van der Waals surface area (Å²) in [6, 6.07) is 8.23. The molecule has 2 heterocycles. The maximum Gasteiger partial charge on any atom is 0.264 e. The van der Waals surface area contributed by atoms with Gasteiger partial charge in [0.2, 0.25) is 5.91 Å². The van der Waals surface area contributed by atoms with Gasteiger partial charge in [-0.15, -0.1) is 0 Å². The Hall–Kier alpha value is -2.96. The predicted octanol–water partition coefficient (Wildman–Crippen LogP) is 2.35. The third-order valence-corrected chi connectivity index (χ3v) is 5.63. The average molecular weight is 379 g/mol. The molecule has 28 heavy (non-hydrogen) atoms. The van der Waals surface area contributed by atoms with E-state index in [1.54, 1.807) is 11.7 Å². The number of aryl methyl sites for hydroxylation is 2. The van der Waals surface area contributed by atoms with Crippen LogP contribution in [0, 0.1) is 5.41 Å². The van der Waals surface area contributed by atoms with E-state index in [1.165, 1.54) is 28.2 Å². The molecule has 0 unspecified atom stereocenters. The van der Waals surface area contributed by atoms with Crippen LogP contribution in [-0.4, -0.2) is 25.2 Å². The van der Waals surface area contributed by atoms with Gasteiger partial charge >= 0.3 is 0 Å². The van der Waals surface area contributed by atoms with E-state index in [9.17, 15) is 9.59 Å². The van der Waals surface area contributed by atoms with Gasteiger partial charge in [0.15, 0.2) is 5.65 Å². The maximum absolute atomic E-state index is 12.8. The fourth-order valence-corrected chi connectivity index (χ4v) is 4.04. The molecule has 0 saturated carbocycles. The quantitative estimate of drug-likeness (QED) is 0.708. The summed E-state index contributed by atoms with van der Waals surface area (Å²) in [5.74, 6) is -0.190. The summed E-state index contributed by atoms with van der Waals surface area (Å²) in [5.41, 5.74) is 2.85. The average Bonchev–Trinajstić information content (AvgIpc) is 2.97. The molecule has 1 amide bonds. The summed E-state index contributed by atoms with van der Waals surface area (Å²) in [6.45, 7) is 4.42. The first kappa shape index (κ1) is 18.4. The maximum atomic E-state index is 12.8. The fourth-order valence-electron chi connectivity index (χ4n) is 4.04. The van der Waals surface area contributed by atoms with Crippen molar-refractivity contribution in [3.05, 3.63) is 58.3 Å². The molecule has 0 spiro atoms. The van der Waals surface area contributed by atoms with Crippen LogP contribution in [0.2, 0.25) is 0 Å². The number of benzene rings is 1. The summed E-state index contributed by atoms with van der Waals surface area (Å²) < 4.78 is 2.89. The Labute approximate surface area is 163 Å². The van der Waals surface area contributed by atoms with E-state index in [2.05, 4.69) is 41.4 Å². The van der Waals surface area contributed by atoms with Crippen molar-refractivity contribution in [3.63, 3.8) is 0 Å². The zero-order valence-corrected chi connectivity index (χ0v) is 16.5. The van der Waals surface area contributed by atoms with E-state index < -0.39 is 0 Å². The third-order valence-electron chi connectivity index (χ3n) is 5.63. The number of nitrogens with zero attached hydrogens (tertiary/aromatic N) is 4. The summed E-state index contributed by atoms with van der Waals surface area (Å²) in [5, 5.41) is 7.63. The van der Waals surface area contributed by atoms with Gasteiger partial charge in [-0.05, 0) is 35.8 Å². The number of carbonyl (C=O) groups is 1. The van der Waals surface area contributed by atoms with E-state index >= 15 is 0 Å². The van der Waals surface area contributed by atoms with Crippen LogP contribution in [0.15, 0.2) is 41.6 Å². The van der Waals surface area contributed by atoms with Crippen LogP contribution in [0.1, 0.15) is 43.9 Å². The van der Waals surface area contributed by atoms with Gasteiger partial charge in [-0.25, -0.2) is 4.98 Å². The van der Waals surface area contributed by atoms with Crippen molar-refractivity contribution in [2.75, 3.05) is 0 Å². The van der Waals surface area contributed by atoms with Crippen molar-refractivity contribution >= 4 is 16.9 Å². The van der Waals surface area contributed by atoms with E-state index in [0.717, 1.165) is 19.3 Å². The topological polar surface area (TPSA) is 81.8 Å². The SMILES string of the molecule is Cn1ncc2c(=O)n(CC(=O)N[C@H]3CC(C)(C)CCc4ccccc43)cnc21. The lowest BCUT2D eigenvalue weighted by molar-refractivity contribution is -0.122. The van der Waals surface area contributed by atoms with Crippen LogP contribution in [0.3, 0.4) is 0 Å². The van der Waals surface area contributed by atoms with Gasteiger partial charge in [0.1, 0.15) is 18.3 Å². The molecule has 7 nitrogen and oxygen atoms in total. The molecule has 0 radical (unpaired) electrons. The van der Waals surface area contributed by atoms with Crippen molar-refractivity contribution in [2.45, 2.75) is 45.7 Å². The molecule has 3 aromatic rings. The first-order chi connectivity index (χ1) is 13.3. The minimum absolute atomic E-state index is 0.0598. The lowest BCUT2D eigenvalue weighted by Crippen LogP contribution is -2.36. The van der Waals surface area contributed by atoms with Crippen LogP contribution in [-0.2, 0) is 24.8 Å². The molecular weight excluding hydrogens is 354 g/mol. The van der Waals surface area contributed by atoms with Crippen LogP contribution >= 0.6 is 0 Å². The molecule has 1 N–H and O–H groups in total. The number of rotatable bonds is 3. The molecule has 7 heteroatoms. The summed E-state index contributed by atoms with van der Waals surface area (Å²) in [7, 11) is 1.73. The normalized spacial score (nSPS) is 18.5. The minimum atomic E-state index is -0.255. The van der Waals surface area contributed by atoms with E-state index in [0.29, 0.717) is 11.0 Å². The van der Waals surface area contributed by atoms with Crippen molar-refractivity contribution < 1.29 is 4.79 Å². The van der Waals surface area contributed by atoms with Crippen LogP contribution in [0.4, 0.5) is 0 Å². The van der Waals surface area contributed by atoms with E-state index in [-0.39, 0.29) is 29.5 Å². The molecule has 1 aliphatic carbocycles. The molecule has 1 atom stereocenters. The first-order valence-corrected chi connectivity index (χ1v) is 9.58. The third kappa shape index (κ3) is 3.44. The monoisotopic (exact) mass is 379 g/mol. The van der Waals surface area contributed by atoms with Gasteiger partial charge in [-0.2, -0.15) is 5.10 Å².